The number of rotatable bonds is 3. The largest absolute Gasteiger partial charge is 0.496 e. The molecule has 0 saturated carbocycles. The second kappa shape index (κ2) is 5.73. The highest BCUT2D eigenvalue weighted by molar-refractivity contribution is 6.00. The van der Waals surface area contributed by atoms with E-state index in [-0.39, 0.29) is 23.8 Å². The van der Waals surface area contributed by atoms with Crippen LogP contribution in [0.25, 0.3) is 0 Å². The van der Waals surface area contributed by atoms with Crippen LogP contribution in [0.15, 0.2) is 18.2 Å². The molecule has 2 aliphatic rings. The van der Waals surface area contributed by atoms with Crippen molar-refractivity contribution in [3.05, 3.63) is 29.6 Å². The van der Waals surface area contributed by atoms with Gasteiger partial charge in [0.05, 0.1) is 25.9 Å². The predicted molar refractivity (Wildman–Crippen MR) is 76.2 cm³/mol. The average Bonchev–Trinajstić information content (AvgIpc) is 2.46. The third-order valence-electron chi connectivity index (χ3n) is 4.69. The summed E-state index contributed by atoms with van der Waals surface area (Å²) in [5.41, 5.74) is 0.479. The molecule has 0 N–H and O–H groups in total. The molecule has 21 heavy (non-hydrogen) atoms. The standard InChI is InChI=1S/C16H20FNO3/c1-18-12-5-10(6-13(18)9-21-8-12)16(19)14-4-3-11(17)7-15(14)20-2/h3-4,7,10,12-13H,5-6,8-9H2,1-2H3. The van der Waals surface area contributed by atoms with Crippen LogP contribution in [0.3, 0.4) is 0 Å². The summed E-state index contributed by atoms with van der Waals surface area (Å²) in [5, 5.41) is 0. The molecule has 2 heterocycles. The van der Waals surface area contributed by atoms with Crippen LogP contribution in [0.2, 0.25) is 0 Å². The normalized spacial score (nSPS) is 29.2. The summed E-state index contributed by atoms with van der Waals surface area (Å²) in [5.74, 6) is -0.0614. The molecule has 1 aromatic rings. The van der Waals surface area contributed by atoms with E-state index in [1.807, 2.05) is 0 Å². The minimum Gasteiger partial charge on any atom is -0.496 e. The van der Waals surface area contributed by atoms with Gasteiger partial charge in [-0.15, -0.1) is 0 Å². The number of likely N-dealkylation sites (N-methyl/N-ethyl adjacent to an activating group) is 1. The monoisotopic (exact) mass is 293 g/mol. The Bertz CT molecular complexity index is 534. The summed E-state index contributed by atoms with van der Waals surface area (Å²) in [6.45, 7) is 1.36. The molecule has 114 valence electrons. The van der Waals surface area contributed by atoms with Gasteiger partial charge in [-0.25, -0.2) is 4.39 Å². The number of hydrogen-bond acceptors (Lipinski definition) is 4. The van der Waals surface area contributed by atoms with Crippen molar-refractivity contribution >= 4 is 5.78 Å². The van der Waals surface area contributed by atoms with Gasteiger partial charge in [0.25, 0.3) is 0 Å². The lowest BCUT2D eigenvalue weighted by Gasteiger charge is -2.46. The van der Waals surface area contributed by atoms with E-state index in [4.69, 9.17) is 9.47 Å². The van der Waals surface area contributed by atoms with E-state index in [0.29, 0.717) is 24.5 Å². The maximum atomic E-state index is 13.3. The smallest absolute Gasteiger partial charge is 0.169 e. The van der Waals surface area contributed by atoms with Gasteiger partial charge in [-0.1, -0.05) is 0 Å². The quantitative estimate of drug-likeness (QED) is 0.800. The van der Waals surface area contributed by atoms with E-state index < -0.39 is 5.82 Å². The van der Waals surface area contributed by atoms with E-state index in [9.17, 15) is 9.18 Å². The third kappa shape index (κ3) is 2.68. The second-order valence-corrected chi connectivity index (χ2v) is 5.89. The van der Waals surface area contributed by atoms with Crippen LogP contribution in [0.1, 0.15) is 23.2 Å². The van der Waals surface area contributed by atoms with Crippen molar-refractivity contribution in [1.29, 1.82) is 0 Å². The first-order valence-electron chi connectivity index (χ1n) is 7.27. The molecule has 4 nitrogen and oxygen atoms in total. The highest BCUT2D eigenvalue weighted by Crippen LogP contribution is 2.34. The number of carbonyl (C=O) groups is 1. The van der Waals surface area contributed by atoms with E-state index in [2.05, 4.69) is 11.9 Å². The van der Waals surface area contributed by atoms with Gasteiger partial charge in [0.1, 0.15) is 11.6 Å². The fourth-order valence-electron chi connectivity index (χ4n) is 3.40. The van der Waals surface area contributed by atoms with Gasteiger partial charge in [-0.05, 0) is 32.0 Å². The predicted octanol–water partition coefficient (Wildman–Crippen LogP) is 2.13. The molecule has 2 unspecified atom stereocenters. The van der Waals surface area contributed by atoms with Crippen molar-refractivity contribution < 1.29 is 18.7 Å². The number of hydrogen-bond donors (Lipinski definition) is 0. The molecule has 2 aliphatic heterocycles. The molecule has 0 spiro atoms. The summed E-state index contributed by atoms with van der Waals surface area (Å²) >= 11 is 0. The van der Waals surface area contributed by atoms with E-state index in [0.717, 1.165) is 12.8 Å². The molecule has 2 fully saturated rings. The second-order valence-electron chi connectivity index (χ2n) is 5.89. The van der Waals surface area contributed by atoms with Crippen LogP contribution in [0.4, 0.5) is 4.39 Å². The van der Waals surface area contributed by atoms with E-state index in [1.165, 1.54) is 25.3 Å². The lowest BCUT2D eigenvalue weighted by atomic mass is 9.81. The lowest BCUT2D eigenvalue weighted by molar-refractivity contribution is -0.0702. The zero-order valence-electron chi connectivity index (χ0n) is 12.3. The number of Topliss-reactive ketones (excluding diaryl/α,β-unsaturated/α-hetero) is 1. The summed E-state index contributed by atoms with van der Waals surface area (Å²) in [4.78, 5) is 15.1. The molecule has 1 aromatic carbocycles. The van der Waals surface area contributed by atoms with Gasteiger partial charge in [-0.3, -0.25) is 9.69 Å². The van der Waals surface area contributed by atoms with Gasteiger partial charge >= 0.3 is 0 Å². The van der Waals surface area contributed by atoms with Gasteiger partial charge in [-0.2, -0.15) is 0 Å². The Balaban J connectivity index is 1.83. The molecule has 3 rings (SSSR count). The topological polar surface area (TPSA) is 38.8 Å². The number of piperidine rings is 1. The summed E-state index contributed by atoms with van der Waals surface area (Å²) < 4.78 is 24.0. The van der Waals surface area contributed by atoms with Gasteiger partial charge in [0.2, 0.25) is 0 Å². The number of nitrogens with zero attached hydrogens (tertiary/aromatic N) is 1. The molecule has 2 atom stereocenters. The molecule has 0 radical (unpaired) electrons. The Morgan fingerprint density at radius 2 is 2.00 bits per heavy atom. The number of methoxy groups -OCH3 is 1. The maximum Gasteiger partial charge on any atom is 0.169 e. The summed E-state index contributed by atoms with van der Waals surface area (Å²) in [6.07, 6.45) is 1.57. The van der Waals surface area contributed by atoms with Crippen molar-refractivity contribution in [2.75, 3.05) is 27.4 Å². The summed E-state index contributed by atoms with van der Waals surface area (Å²) in [6, 6.07) is 4.69. The first-order chi connectivity index (χ1) is 10.1. The zero-order valence-corrected chi connectivity index (χ0v) is 12.3. The molecule has 2 saturated heterocycles. The van der Waals surface area contributed by atoms with E-state index >= 15 is 0 Å². The molecule has 2 bridgehead atoms. The Morgan fingerprint density at radius 3 is 2.62 bits per heavy atom. The fourth-order valence-corrected chi connectivity index (χ4v) is 3.40. The Morgan fingerprint density at radius 1 is 1.33 bits per heavy atom. The lowest BCUT2D eigenvalue weighted by Crippen LogP contribution is -2.55. The SMILES string of the molecule is COc1cc(F)ccc1C(=O)C1CC2COCC(C1)N2C. The van der Waals surface area contributed by atoms with Crippen LogP contribution < -0.4 is 4.74 Å². The first-order valence-corrected chi connectivity index (χ1v) is 7.27. The molecule has 0 aromatic heterocycles. The Labute approximate surface area is 123 Å². The van der Waals surface area contributed by atoms with Crippen molar-refractivity contribution in [3.8, 4) is 5.75 Å². The fraction of sp³-hybridized carbons (Fsp3) is 0.562. The number of benzene rings is 1. The van der Waals surface area contributed by atoms with Gasteiger partial charge in [0, 0.05) is 24.1 Å². The maximum absolute atomic E-state index is 13.3. The average molecular weight is 293 g/mol. The van der Waals surface area contributed by atoms with Crippen LogP contribution in [-0.2, 0) is 4.74 Å². The molecule has 5 heteroatoms. The minimum atomic E-state index is -0.392. The van der Waals surface area contributed by atoms with E-state index in [1.54, 1.807) is 0 Å². The van der Waals surface area contributed by atoms with Gasteiger partial charge < -0.3 is 9.47 Å². The van der Waals surface area contributed by atoms with Crippen molar-refractivity contribution in [2.24, 2.45) is 5.92 Å². The molecular formula is C16H20FNO3. The highest BCUT2D eigenvalue weighted by atomic mass is 19.1. The number of halogens is 1. The number of morpholine rings is 1. The van der Waals surface area contributed by atoms with Gasteiger partial charge in [0.15, 0.2) is 5.78 Å². The number of fused-ring (bicyclic) bond motifs is 2. The van der Waals surface area contributed by atoms with Crippen molar-refractivity contribution in [2.45, 2.75) is 24.9 Å². The van der Waals surface area contributed by atoms with Crippen molar-refractivity contribution in [1.82, 2.24) is 4.90 Å². The van der Waals surface area contributed by atoms with Crippen LogP contribution >= 0.6 is 0 Å². The Hall–Kier alpha value is -1.46. The van der Waals surface area contributed by atoms with Crippen LogP contribution in [0, 0.1) is 11.7 Å². The molecule has 0 aliphatic carbocycles. The third-order valence-corrected chi connectivity index (χ3v) is 4.69. The number of ketones is 1. The highest BCUT2D eigenvalue weighted by Gasteiger charge is 2.40. The van der Waals surface area contributed by atoms with Crippen LogP contribution in [0.5, 0.6) is 5.75 Å². The number of carbonyl (C=O) groups excluding carboxylic acids is 1. The minimum absolute atomic E-state index is 0.0422. The van der Waals surface area contributed by atoms with Crippen LogP contribution in [-0.4, -0.2) is 50.1 Å². The first kappa shape index (κ1) is 14.5. The molecule has 0 amide bonds. The molecular weight excluding hydrogens is 273 g/mol. The van der Waals surface area contributed by atoms with Crippen molar-refractivity contribution in [3.63, 3.8) is 0 Å². The Kier molecular flexibility index (Phi) is 3.95. The number of ether oxygens (including phenoxy) is 2. The zero-order chi connectivity index (χ0) is 15.0. The summed E-state index contributed by atoms with van der Waals surface area (Å²) in [7, 11) is 3.56.